The normalized spacial score (nSPS) is 11.0. The molecule has 1 radical (unpaired) electrons. The van der Waals surface area contributed by atoms with E-state index in [2.05, 4.69) is 4.74 Å². The van der Waals surface area contributed by atoms with E-state index in [1.165, 1.54) is 12.7 Å². The van der Waals surface area contributed by atoms with Crippen LogP contribution in [-0.2, 0) is 9.53 Å². The molecule has 2 heteroatoms. The Balaban J connectivity index is 3.40. The first-order valence-electron chi connectivity index (χ1n) is 2.49. The number of ether oxygens (including phenoxy) is 1. The standard InChI is InChI=1S/C6H9O2/c1-3-6(2)4-8-5-7/h4H,3H2,1-2H3/b6-4+. The number of rotatable bonds is 3. The van der Waals surface area contributed by atoms with Gasteiger partial charge in [-0.1, -0.05) is 6.92 Å². The predicted octanol–water partition coefficient (Wildman–Crippen LogP) is 1.38. The van der Waals surface area contributed by atoms with Gasteiger partial charge in [0.1, 0.15) is 0 Å². The molecule has 0 amide bonds. The summed E-state index contributed by atoms with van der Waals surface area (Å²) >= 11 is 0. The molecule has 2 nitrogen and oxygen atoms in total. The molecule has 0 aromatic rings. The molecule has 0 bridgehead atoms. The van der Waals surface area contributed by atoms with Gasteiger partial charge in [-0.05, 0) is 18.9 Å². The fraction of sp³-hybridized carbons (Fsp3) is 0.500. The minimum Gasteiger partial charge on any atom is -0.426 e. The van der Waals surface area contributed by atoms with E-state index in [0.717, 1.165) is 12.0 Å². The first kappa shape index (κ1) is 7.21. The Morgan fingerprint density at radius 3 is 2.88 bits per heavy atom. The highest BCUT2D eigenvalue weighted by Gasteiger charge is 1.80. The monoisotopic (exact) mass is 113 g/mol. The SMILES string of the molecule is CC/C(C)=C/O[C]=O. The van der Waals surface area contributed by atoms with Crippen molar-refractivity contribution >= 4 is 6.47 Å². The second kappa shape index (κ2) is 4.37. The first-order chi connectivity index (χ1) is 3.81. The van der Waals surface area contributed by atoms with Crippen molar-refractivity contribution in [3.8, 4) is 0 Å². The van der Waals surface area contributed by atoms with Gasteiger partial charge in [-0.15, -0.1) is 0 Å². The van der Waals surface area contributed by atoms with Gasteiger partial charge in [0.15, 0.2) is 0 Å². The van der Waals surface area contributed by atoms with Gasteiger partial charge in [-0.25, -0.2) is 4.79 Å². The van der Waals surface area contributed by atoms with Gasteiger partial charge in [0.25, 0.3) is 0 Å². The van der Waals surface area contributed by atoms with Crippen molar-refractivity contribution in [2.24, 2.45) is 0 Å². The molecule has 0 saturated heterocycles. The fourth-order valence-electron chi connectivity index (χ4n) is 0.208. The highest BCUT2D eigenvalue weighted by Crippen LogP contribution is 1.95. The Morgan fingerprint density at radius 2 is 2.50 bits per heavy atom. The summed E-state index contributed by atoms with van der Waals surface area (Å²) in [4.78, 5) is 9.43. The average Bonchev–Trinajstić information content (AvgIpc) is 1.83. The largest absolute Gasteiger partial charge is 0.426 e. The zero-order valence-corrected chi connectivity index (χ0v) is 5.10. The van der Waals surface area contributed by atoms with E-state index in [1.54, 1.807) is 0 Å². The van der Waals surface area contributed by atoms with E-state index in [0.29, 0.717) is 0 Å². The van der Waals surface area contributed by atoms with Crippen LogP contribution in [0.2, 0.25) is 0 Å². The second-order valence-electron chi connectivity index (χ2n) is 1.52. The lowest BCUT2D eigenvalue weighted by Crippen LogP contribution is -1.76. The molecule has 0 saturated carbocycles. The van der Waals surface area contributed by atoms with Crippen LogP contribution < -0.4 is 0 Å². The Labute approximate surface area is 49.1 Å². The van der Waals surface area contributed by atoms with Crippen molar-refractivity contribution in [1.29, 1.82) is 0 Å². The number of hydrogen-bond acceptors (Lipinski definition) is 2. The molecule has 0 aromatic carbocycles. The van der Waals surface area contributed by atoms with Crippen molar-refractivity contribution in [2.75, 3.05) is 0 Å². The lowest BCUT2D eigenvalue weighted by Gasteiger charge is -1.88. The van der Waals surface area contributed by atoms with Gasteiger partial charge in [-0.2, -0.15) is 0 Å². The van der Waals surface area contributed by atoms with Crippen LogP contribution in [0.5, 0.6) is 0 Å². The van der Waals surface area contributed by atoms with Crippen LogP contribution in [0.1, 0.15) is 20.3 Å². The van der Waals surface area contributed by atoms with E-state index >= 15 is 0 Å². The molecule has 0 rings (SSSR count). The van der Waals surface area contributed by atoms with Crippen LogP contribution in [-0.4, -0.2) is 6.47 Å². The van der Waals surface area contributed by atoms with Crippen molar-refractivity contribution in [2.45, 2.75) is 20.3 Å². The molecular weight excluding hydrogens is 104 g/mol. The molecule has 45 valence electrons. The number of carbonyl (C=O) groups excluding carboxylic acids is 1. The topological polar surface area (TPSA) is 26.3 Å². The molecular formula is C6H9O2. The Morgan fingerprint density at radius 1 is 1.88 bits per heavy atom. The molecule has 8 heavy (non-hydrogen) atoms. The van der Waals surface area contributed by atoms with E-state index in [-0.39, 0.29) is 0 Å². The fourth-order valence-corrected chi connectivity index (χ4v) is 0.208. The van der Waals surface area contributed by atoms with Crippen molar-refractivity contribution in [3.63, 3.8) is 0 Å². The Hall–Kier alpha value is -0.790. The summed E-state index contributed by atoms with van der Waals surface area (Å²) < 4.78 is 4.22. The maximum atomic E-state index is 9.43. The molecule has 0 atom stereocenters. The van der Waals surface area contributed by atoms with Crippen LogP contribution >= 0.6 is 0 Å². The first-order valence-corrected chi connectivity index (χ1v) is 2.49. The summed E-state index contributed by atoms with van der Waals surface area (Å²) in [5.74, 6) is 0. The number of hydrogen-bond donors (Lipinski definition) is 0. The van der Waals surface area contributed by atoms with Gasteiger partial charge < -0.3 is 4.74 Å². The quantitative estimate of drug-likeness (QED) is 0.517. The lowest BCUT2D eigenvalue weighted by atomic mass is 10.3. The Bertz CT molecular complexity index is 94.7. The summed E-state index contributed by atoms with van der Waals surface area (Å²) in [6, 6.07) is 0. The van der Waals surface area contributed by atoms with Crippen molar-refractivity contribution in [3.05, 3.63) is 11.8 Å². The minimum atomic E-state index is 0.904. The van der Waals surface area contributed by atoms with Gasteiger partial charge >= 0.3 is 6.47 Å². The molecule has 0 aromatic heterocycles. The number of allylic oxidation sites excluding steroid dienone is 1. The van der Waals surface area contributed by atoms with Gasteiger partial charge in [0.05, 0.1) is 6.26 Å². The van der Waals surface area contributed by atoms with Crippen LogP contribution in [0, 0.1) is 0 Å². The zero-order chi connectivity index (χ0) is 6.41. The second-order valence-corrected chi connectivity index (χ2v) is 1.52. The predicted molar refractivity (Wildman–Crippen MR) is 30.8 cm³/mol. The zero-order valence-electron chi connectivity index (χ0n) is 5.10. The third-order valence-corrected chi connectivity index (χ3v) is 0.866. The summed E-state index contributed by atoms with van der Waals surface area (Å²) in [5.41, 5.74) is 1.04. The molecule has 0 N–H and O–H groups in total. The minimum absolute atomic E-state index is 0.904. The highest BCUT2D eigenvalue weighted by molar-refractivity contribution is 5.39. The third-order valence-electron chi connectivity index (χ3n) is 0.866. The molecule has 0 heterocycles. The van der Waals surface area contributed by atoms with E-state index in [4.69, 9.17) is 0 Å². The van der Waals surface area contributed by atoms with Crippen LogP contribution in [0.25, 0.3) is 0 Å². The summed E-state index contributed by atoms with van der Waals surface area (Å²) in [6.07, 6.45) is 2.30. The summed E-state index contributed by atoms with van der Waals surface area (Å²) in [7, 11) is 0. The van der Waals surface area contributed by atoms with Gasteiger partial charge in [-0.3, -0.25) is 0 Å². The van der Waals surface area contributed by atoms with Crippen LogP contribution in [0.15, 0.2) is 11.8 Å². The lowest BCUT2D eigenvalue weighted by molar-refractivity contribution is 0.394. The van der Waals surface area contributed by atoms with E-state index in [1.807, 2.05) is 13.8 Å². The van der Waals surface area contributed by atoms with Crippen molar-refractivity contribution in [1.82, 2.24) is 0 Å². The molecule has 0 spiro atoms. The highest BCUT2D eigenvalue weighted by atomic mass is 16.5. The smallest absolute Gasteiger partial charge is 0.422 e. The van der Waals surface area contributed by atoms with E-state index < -0.39 is 0 Å². The van der Waals surface area contributed by atoms with Gasteiger partial charge in [0.2, 0.25) is 0 Å². The molecule has 0 unspecified atom stereocenters. The van der Waals surface area contributed by atoms with Crippen molar-refractivity contribution < 1.29 is 9.53 Å². The Kier molecular flexibility index (Phi) is 3.94. The average molecular weight is 113 g/mol. The van der Waals surface area contributed by atoms with Crippen LogP contribution in [0.4, 0.5) is 0 Å². The van der Waals surface area contributed by atoms with Gasteiger partial charge in [0, 0.05) is 0 Å². The molecule has 0 aliphatic heterocycles. The van der Waals surface area contributed by atoms with E-state index in [9.17, 15) is 4.79 Å². The molecule has 0 fully saturated rings. The third kappa shape index (κ3) is 3.40. The summed E-state index contributed by atoms with van der Waals surface area (Å²) in [6.45, 7) is 5.18. The summed E-state index contributed by atoms with van der Waals surface area (Å²) in [5, 5.41) is 0. The maximum Gasteiger partial charge on any atom is 0.422 e. The molecule has 0 aliphatic carbocycles. The maximum absolute atomic E-state index is 9.43. The van der Waals surface area contributed by atoms with Crippen LogP contribution in [0.3, 0.4) is 0 Å². The molecule has 0 aliphatic rings.